The molecule has 4 heteroatoms. The molecule has 19 heavy (non-hydrogen) atoms. The summed E-state index contributed by atoms with van der Waals surface area (Å²) < 4.78 is 5.70. The summed E-state index contributed by atoms with van der Waals surface area (Å²) in [7, 11) is 0. The van der Waals surface area contributed by atoms with Crippen molar-refractivity contribution in [3.05, 3.63) is 0 Å². The maximum atomic E-state index is 12.4. The van der Waals surface area contributed by atoms with Gasteiger partial charge in [0, 0.05) is 31.5 Å². The summed E-state index contributed by atoms with van der Waals surface area (Å²) in [6.45, 7) is 1.57. The summed E-state index contributed by atoms with van der Waals surface area (Å²) >= 11 is 5.85. The van der Waals surface area contributed by atoms with Gasteiger partial charge in [-0.3, -0.25) is 4.79 Å². The van der Waals surface area contributed by atoms with Crippen molar-refractivity contribution in [3.8, 4) is 0 Å². The first-order valence-electron chi connectivity index (χ1n) is 7.78. The zero-order valence-electron chi connectivity index (χ0n) is 11.8. The van der Waals surface area contributed by atoms with E-state index in [-0.39, 0.29) is 5.91 Å². The Hall–Kier alpha value is -0.280. The van der Waals surface area contributed by atoms with Gasteiger partial charge in [-0.1, -0.05) is 12.8 Å². The Kier molecular flexibility index (Phi) is 6.45. The van der Waals surface area contributed by atoms with Crippen LogP contribution in [0.4, 0.5) is 0 Å². The highest BCUT2D eigenvalue weighted by Crippen LogP contribution is 2.25. The van der Waals surface area contributed by atoms with Gasteiger partial charge in [0.25, 0.3) is 0 Å². The average Bonchev–Trinajstić information content (AvgIpc) is 2.97. The lowest BCUT2D eigenvalue weighted by atomic mass is 10.0. The van der Waals surface area contributed by atoms with Crippen LogP contribution in [-0.2, 0) is 9.53 Å². The van der Waals surface area contributed by atoms with Crippen LogP contribution in [0.2, 0.25) is 0 Å². The molecule has 1 amide bonds. The molecular formula is C15H26ClNO2. The number of carbonyl (C=O) groups excluding carboxylic acids is 1. The van der Waals surface area contributed by atoms with Crippen molar-refractivity contribution >= 4 is 17.5 Å². The van der Waals surface area contributed by atoms with Crippen LogP contribution in [0.15, 0.2) is 0 Å². The second-order valence-corrected chi connectivity index (χ2v) is 6.12. The zero-order chi connectivity index (χ0) is 13.5. The maximum absolute atomic E-state index is 12.4. The van der Waals surface area contributed by atoms with Gasteiger partial charge >= 0.3 is 0 Å². The molecule has 0 aromatic heterocycles. The van der Waals surface area contributed by atoms with E-state index in [9.17, 15) is 4.79 Å². The fourth-order valence-corrected chi connectivity index (χ4v) is 3.46. The first kappa shape index (κ1) is 15.1. The largest absolute Gasteiger partial charge is 0.378 e. The molecule has 0 aromatic rings. The normalized spacial score (nSPS) is 24.6. The molecule has 0 N–H and O–H groups in total. The maximum Gasteiger partial charge on any atom is 0.222 e. The Morgan fingerprint density at radius 3 is 2.53 bits per heavy atom. The number of hydrogen-bond donors (Lipinski definition) is 0. The van der Waals surface area contributed by atoms with E-state index in [0.29, 0.717) is 31.0 Å². The molecule has 3 nitrogen and oxygen atoms in total. The summed E-state index contributed by atoms with van der Waals surface area (Å²) in [6.07, 6.45) is 10.2. The number of ether oxygens (including phenoxy) is 1. The molecule has 0 radical (unpaired) electrons. The molecule has 2 rings (SSSR count). The van der Waals surface area contributed by atoms with Gasteiger partial charge in [0.05, 0.1) is 6.10 Å². The Bertz CT molecular complexity index is 273. The highest BCUT2D eigenvalue weighted by atomic mass is 35.5. The molecule has 0 aromatic carbocycles. The Morgan fingerprint density at radius 2 is 1.89 bits per heavy atom. The van der Waals surface area contributed by atoms with E-state index in [1.165, 1.54) is 25.7 Å². The molecule has 2 fully saturated rings. The van der Waals surface area contributed by atoms with Crippen molar-refractivity contribution in [1.82, 2.24) is 4.90 Å². The highest BCUT2D eigenvalue weighted by molar-refractivity contribution is 6.18. The molecule has 110 valence electrons. The van der Waals surface area contributed by atoms with E-state index in [4.69, 9.17) is 16.3 Å². The smallest absolute Gasteiger partial charge is 0.222 e. The summed E-state index contributed by atoms with van der Waals surface area (Å²) in [5, 5.41) is 0. The van der Waals surface area contributed by atoms with Gasteiger partial charge in [-0.25, -0.2) is 0 Å². The van der Waals surface area contributed by atoms with Crippen molar-refractivity contribution < 1.29 is 9.53 Å². The lowest BCUT2D eigenvalue weighted by Gasteiger charge is -2.29. The molecule has 1 atom stereocenters. The predicted molar refractivity (Wildman–Crippen MR) is 77.5 cm³/mol. The SMILES string of the molecule is O=C(CCC1CCCCO1)N(CCCl)C1CCCC1. The molecule has 1 aliphatic carbocycles. The second-order valence-electron chi connectivity index (χ2n) is 5.74. The number of hydrogen-bond acceptors (Lipinski definition) is 2. The minimum atomic E-state index is 0.279. The molecular weight excluding hydrogens is 262 g/mol. The van der Waals surface area contributed by atoms with Gasteiger partial charge in [0.15, 0.2) is 0 Å². The number of halogens is 1. The Labute approximate surface area is 121 Å². The van der Waals surface area contributed by atoms with E-state index in [1.54, 1.807) is 0 Å². The Balaban J connectivity index is 1.77. The monoisotopic (exact) mass is 287 g/mol. The van der Waals surface area contributed by atoms with Crippen LogP contribution < -0.4 is 0 Å². The third-order valence-corrected chi connectivity index (χ3v) is 4.53. The van der Waals surface area contributed by atoms with Crippen molar-refractivity contribution in [2.75, 3.05) is 19.0 Å². The lowest BCUT2D eigenvalue weighted by molar-refractivity contribution is -0.134. The van der Waals surface area contributed by atoms with Crippen LogP contribution in [0.5, 0.6) is 0 Å². The standard InChI is InChI=1S/C15H26ClNO2/c16-10-11-17(13-5-1-2-6-13)15(18)9-8-14-7-3-4-12-19-14/h13-14H,1-12H2. The van der Waals surface area contributed by atoms with E-state index >= 15 is 0 Å². The van der Waals surface area contributed by atoms with Crippen molar-refractivity contribution in [2.45, 2.75) is 69.9 Å². The van der Waals surface area contributed by atoms with E-state index in [2.05, 4.69) is 0 Å². The minimum absolute atomic E-state index is 0.279. The fraction of sp³-hybridized carbons (Fsp3) is 0.933. The topological polar surface area (TPSA) is 29.5 Å². The minimum Gasteiger partial charge on any atom is -0.378 e. The number of rotatable bonds is 6. The third kappa shape index (κ3) is 4.64. The highest BCUT2D eigenvalue weighted by Gasteiger charge is 2.26. The van der Waals surface area contributed by atoms with Crippen LogP contribution in [-0.4, -0.2) is 42.0 Å². The van der Waals surface area contributed by atoms with Crippen LogP contribution in [0.1, 0.15) is 57.8 Å². The lowest BCUT2D eigenvalue weighted by Crippen LogP contribution is -2.40. The van der Waals surface area contributed by atoms with E-state index in [1.807, 2.05) is 4.90 Å². The molecule has 0 bridgehead atoms. The average molecular weight is 288 g/mol. The van der Waals surface area contributed by atoms with Gasteiger partial charge in [0.2, 0.25) is 5.91 Å². The first-order chi connectivity index (χ1) is 9.31. The molecule has 1 aliphatic heterocycles. The summed E-state index contributed by atoms with van der Waals surface area (Å²) in [6, 6.07) is 0.443. The summed E-state index contributed by atoms with van der Waals surface area (Å²) in [5.41, 5.74) is 0. The van der Waals surface area contributed by atoms with Gasteiger partial charge in [-0.15, -0.1) is 11.6 Å². The van der Waals surface area contributed by atoms with Gasteiger partial charge < -0.3 is 9.64 Å². The predicted octanol–water partition coefficient (Wildman–Crippen LogP) is 3.35. The number of amides is 1. The van der Waals surface area contributed by atoms with E-state index in [0.717, 1.165) is 32.3 Å². The second kappa shape index (κ2) is 8.11. The third-order valence-electron chi connectivity index (χ3n) is 4.37. The summed E-state index contributed by atoms with van der Waals surface area (Å²) in [5.74, 6) is 0.823. The molecule has 1 heterocycles. The van der Waals surface area contributed by atoms with Crippen LogP contribution in [0.25, 0.3) is 0 Å². The number of nitrogens with zero attached hydrogens (tertiary/aromatic N) is 1. The number of alkyl halides is 1. The first-order valence-corrected chi connectivity index (χ1v) is 8.31. The molecule has 1 unspecified atom stereocenters. The van der Waals surface area contributed by atoms with E-state index < -0.39 is 0 Å². The van der Waals surface area contributed by atoms with Crippen LogP contribution in [0, 0.1) is 0 Å². The Morgan fingerprint density at radius 1 is 1.16 bits per heavy atom. The zero-order valence-corrected chi connectivity index (χ0v) is 12.5. The van der Waals surface area contributed by atoms with Gasteiger partial charge in [0.1, 0.15) is 0 Å². The van der Waals surface area contributed by atoms with Gasteiger partial charge in [-0.2, -0.15) is 0 Å². The molecule has 0 spiro atoms. The molecule has 1 saturated heterocycles. The fourth-order valence-electron chi connectivity index (χ4n) is 3.28. The van der Waals surface area contributed by atoms with Crippen LogP contribution in [0.3, 0.4) is 0 Å². The van der Waals surface area contributed by atoms with Crippen molar-refractivity contribution in [3.63, 3.8) is 0 Å². The van der Waals surface area contributed by atoms with Crippen LogP contribution >= 0.6 is 11.6 Å². The molecule has 1 saturated carbocycles. The molecule has 2 aliphatic rings. The number of carbonyl (C=O) groups is 1. The van der Waals surface area contributed by atoms with Crippen molar-refractivity contribution in [2.24, 2.45) is 0 Å². The quantitative estimate of drug-likeness (QED) is 0.701. The summed E-state index contributed by atoms with van der Waals surface area (Å²) in [4.78, 5) is 14.4. The van der Waals surface area contributed by atoms with Gasteiger partial charge in [-0.05, 0) is 38.5 Å². The van der Waals surface area contributed by atoms with Crippen molar-refractivity contribution in [1.29, 1.82) is 0 Å².